The predicted octanol–water partition coefficient (Wildman–Crippen LogP) is 5.01. The van der Waals surface area contributed by atoms with Crippen molar-refractivity contribution in [2.45, 2.75) is 0 Å². The molecule has 3 aromatic rings. The third kappa shape index (κ3) is 3.50. The number of para-hydroxylation sites is 1. The molecule has 7 heteroatoms. The van der Waals surface area contributed by atoms with E-state index in [4.69, 9.17) is 11.6 Å². The van der Waals surface area contributed by atoms with E-state index >= 15 is 0 Å². The number of nitrogens with one attached hydrogen (secondary N) is 1. The fraction of sp³-hybridized carbons (Fsp3) is 0. The van der Waals surface area contributed by atoms with Crippen LogP contribution in [0.2, 0.25) is 5.02 Å². The van der Waals surface area contributed by atoms with Gasteiger partial charge in [0.05, 0.1) is 11.3 Å². The fourth-order valence-electron chi connectivity index (χ4n) is 3.09. The topological polar surface area (TPSA) is 49.4 Å². The smallest absolute Gasteiger partial charge is 0.282 e. The second-order valence-electron chi connectivity index (χ2n) is 6.29. The number of benzene rings is 3. The number of halogens is 3. The minimum Gasteiger partial charge on any atom is -0.350 e. The summed E-state index contributed by atoms with van der Waals surface area (Å²) in [4.78, 5) is 27.0. The molecule has 4 nitrogen and oxygen atoms in total. The molecular weight excluding hydrogens is 398 g/mol. The van der Waals surface area contributed by atoms with E-state index in [1.54, 1.807) is 30.3 Å². The monoisotopic (exact) mass is 410 g/mol. The Balaban J connectivity index is 1.85. The maximum absolute atomic E-state index is 14.3. The first-order valence-electron chi connectivity index (χ1n) is 8.62. The van der Waals surface area contributed by atoms with E-state index in [0.717, 1.165) is 11.0 Å². The van der Waals surface area contributed by atoms with Gasteiger partial charge in [-0.05, 0) is 48.0 Å². The number of anilines is 2. The predicted molar refractivity (Wildman–Crippen MR) is 107 cm³/mol. The van der Waals surface area contributed by atoms with Crippen LogP contribution in [0.25, 0.3) is 5.57 Å². The molecule has 0 atom stereocenters. The number of amides is 2. The number of nitrogens with zero attached hydrogens (tertiary/aromatic N) is 1. The van der Waals surface area contributed by atoms with Crippen LogP contribution in [-0.2, 0) is 9.59 Å². The van der Waals surface area contributed by atoms with Gasteiger partial charge in [-0.3, -0.25) is 9.59 Å². The normalized spacial score (nSPS) is 14.0. The SMILES string of the molecule is O=C1C(Nc2cccc(F)c2)=C(c2ccc(Cl)cc2)C(=O)N1c1ccccc1F. The van der Waals surface area contributed by atoms with Crippen molar-refractivity contribution >= 4 is 40.4 Å². The highest BCUT2D eigenvalue weighted by molar-refractivity contribution is 6.46. The van der Waals surface area contributed by atoms with Crippen LogP contribution in [0.15, 0.2) is 78.5 Å². The van der Waals surface area contributed by atoms with Gasteiger partial charge in [-0.2, -0.15) is 0 Å². The van der Waals surface area contributed by atoms with E-state index in [0.29, 0.717) is 10.6 Å². The van der Waals surface area contributed by atoms with E-state index in [1.165, 1.54) is 36.4 Å². The van der Waals surface area contributed by atoms with Gasteiger partial charge in [-0.1, -0.05) is 41.9 Å². The summed E-state index contributed by atoms with van der Waals surface area (Å²) in [6.07, 6.45) is 0. The molecule has 0 unspecified atom stereocenters. The summed E-state index contributed by atoms with van der Waals surface area (Å²) >= 11 is 5.93. The first kappa shape index (κ1) is 18.8. The molecule has 1 N–H and O–H groups in total. The third-order valence-electron chi connectivity index (χ3n) is 4.40. The molecule has 0 bridgehead atoms. The lowest BCUT2D eigenvalue weighted by atomic mass is 10.0. The lowest BCUT2D eigenvalue weighted by Crippen LogP contribution is -2.33. The van der Waals surface area contributed by atoms with Crippen molar-refractivity contribution < 1.29 is 18.4 Å². The van der Waals surface area contributed by atoms with Crippen LogP contribution in [0.5, 0.6) is 0 Å². The Morgan fingerprint density at radius 1 is 0.828 bits per heavy atom. The number of carbonyl (C=O) groups is 2. The van der Waals surface area contributed by atoms with Gasteiger partial charge >= 0.3 is 0 Å². The maximum Gasteiger partial charge on any atom is 0.282 e. The first-order chi connectivity index (χ1) is 14.0. The number of rotatable bonds is 4. The van der Waals surface area contributed by atoms with Crippen LogP contribution < -0.4 is 10.2 Å². The average molecular weight is 411 g/mol. The van der Waals surface area contributed by atoms with Gasteiger partial charge < -0.3 is 5.32 Å². The Morgan fingerprint density at radius 3 is 2.24 bits per heavy atom. The molecule has 1 aliphatic heterocycles. The lowest BCUT2D eigenvalue weighted by Gasteiger charge is -2.16. The minimum absolute atomic E-state index is 0.0409. The summed E-state index contributed by atoms with van der Waals surface area (Å²) < 4.78 is 27.9. The van der Waals surface area contributed by atoms with Gasteiger partial charge in [0.25, 0.3) is 11.8 Å². The molecule has 0 fully saturated rings. The highest BCUT2D eigenvalue weighted by Crippen LogP contribution is 2.35. The van der Waals surface area contributed by atoms with Crippen LogP contribution >= 0.6 is 11.6 Å². The number of carbonyl (C=O) groups excluding carboxylic acids is 2. The highest BCUT2D eigenvalue weighted by Gasteiger charge is 2.41. The zero-order valence-electron chi connectivity index (χ0n) is 14.8. The summed E-state index contributed by atoms with van der Waals surface area (Å²) in [5.41, 5.74) is 0.504. The van der Waals surface area contributed by atoms with Crippen LogP contribution in [0.1, 0.15) is 5.56 Å². The molecule has 0 saturated heterocycles. The van der Waals surface area contributed by atoms with E-state index in [9.17, 15) is 18.4 Å². The zero-order valence-corrected chi connectivity index (χ0v) is 15.6. The summed E-state index contributed by atoms with van der Waals surface area (Å²) in [6.45, 7) is 0. The van der Waals surface area contributed by atoms with Gasteiger partial charge in [-0.15, -0.1) is 0 Å². The zero-order chi connectivity index (χ0) is 20.5. The number of hydrogen-bond donors (Lipinski definition) is 1. The minimum atomic E-state index is -0.741. The molecule has 0 saturated carbocycles. The van der Waals surface area contributed by atoms with Gasteiger partial charge in [0.15, 0.2) is 0 Å². The van der Waals surface area contributed by atoms with Crippen molar-refractivity contribution in [3.63, 3.8) is 0 Å². The Morgan fingerprint density at radius 2 is 1.55 bits per heavy atom. The van der Waals surface area contributed by atoms with E-state index in [2.05, 4.69) is 5.32 Å². The molecule has 0 spiro atoms. The maximum atomic E-state index is 14.3. The summed E-state index contributed by atoms with van der Waals surface area (Å²) in [7, 11) is 0. The molecule has 1 aliphatic rings. The molecule has 0 radical (unpaired) electrons. The summed E-state index contributed by atoms with van der Waals surface area (Å²) in [5, 5.41) is 3.27. The molecule has 0 aromatic heterocycles. The Hall–Kier alpha value is -3.51. The molecule has 29 heavy (non-hydrogen) atoms. The summed E-state index contributed by atoms with van der Waals surface area (Å²) in [6, 6.07) is 17.3. The van der Waals surface area contributed by atoms with E-state index in [-0.39, 0.29) is 22.6 Å². The van der Waals surface area contributed by atoms with Gasteiger partial charge in [0, 0.05) is 10.7 Å². The second kappa shape index (κ2) is 7.48. The van der Waals surface area contributed by atoms with Crippen molar-refractivity contribution in [1.82, 2.24) is 0 Å². The Kier molecular flexibility index (Phi) is 4.86. The molecule has 144 valence electrons. The van der Waals surface area contributed by atoms with Crippen molar-refractivity contribution in [1.29, 1.82) is 0 Å². The molecule has 0 aliphatic carbocycles. The third-order valence-corrected chi connectivity index (χ3v) is 4.66. The van der Waals surface area contributed by atoms with Crippen LogP contribution in [0.4, 0.5) is 20.2 Å². The molecule has 3 aromatic carbocycles. The second-order valence-corrected chi connectivity index (χ2v) is 6.73. The van der Waals surface area contributed by atoms with E-state index < -0.39 is 23.4 Å². The van der Waals surface area contributed by atoms with Gasteiger partial charge in [-0.25, -0.2) is 13.7 Å². The average Bonchev–Trinajstić information content (AvgIpc) is 2.93. The molecule has 2 amide bonds. The molecular formula is C22H13ClF2N2O2. The van der Waals surface area contributed by atoms with E-state index in [1.807, 2.05) is 0 Å². The standard InChI is InChI=1S/C22H13ClF2N2O2/c23-14-10-8-13(9-11-14)19-20(26-16-5-3-4-15(24)12-16)22(29)27(21(19)28)18-7-2-1-6-17(18)25/h1-12,26H. The largest absolute Gasteiger partial charge is 0.350 e. The van der Waals surface area contributed by atoms with Gasteiger partial charge in [0.1, 0.15) is 17.3 Å². The fourth-order valence-corrected chi connectivity index (χ4v) is 3.22. The van der Waals surface area contributed by atoms with Crippen molar-refractivity contribution in [2.75, 3.05) is 10.2 Å². The van der Waals surface area contributed by atoms with Crippen LogP contribution in [0.3, 0.4) is 0 Å². The lowest BCUT2D eigenvalue weighted by molar-refractivity contribution is -0.120. The quantitative estimate of drug-likeness (QED) is 0.615. The first-order valence-corrected chi connectivity index (χ1v) is 8.99. The van der Waals surface area contributed by atoms with Crippen LogP contribution in [-0.4, -0.2) is 11.8 Å². The Bertz CT molecular complexity index is 1160. The van der Waals surface area contributed by atoms with Crippen LogP contribution in [0, 0.1) is 11.6 Å². The van der Waals surface area contributed by atoms with Gasteiger partial charge in [0.2, 0.25) is 0 Å². The molecule has 4 rings (SSSR count). The summed E-state index contributed by atoms with van der Waals surface area (Å²) in [5.74, 6) is -2.65. The highest BCUT2D eigenvalue weighted by atomic mass is 35.5. The number of hydrogen-bond acceptors (Lipinski definition) is 3. The number of imide groups is 1. The van der Waals surface area contributed by atoms with Crippen molar-refractivity contribution in [3.8, 4) is 0 Å². The Labute approximate surface area is 170 Å². The van der Waals surface area contributed by atoms with Crippen molar-refractivity contribution in [2.24, 2.45) is 0 Å². The van der Waals surface area contributed by atoms with Crippen molar-refractivity contribution in [3.05, 3.63) is 101 Å². The molecule has 1 heterocycles.